The van der Waals surface area contributed by atoms with Gasteiger partial charge in [0, 0.05) is 6.07 Å². The van der Waals surface area contributed by atoms with Crippen LogP contribution in [0.5, 0.6) is 0 Å². The van der Waals surface area contributed by atoms with Gasteiger partial charge in [-0.1, -0.05) is 23.7 Å². The quantitative estimate of drug-likeness (QED) is 0.485. The lowest BCUT2D eigenvalue weighted by Crippen LogP contribution is -2.17. The molecule has 0 spiro atoms. The molecular formula is C20H15ClF3N7O. The predicted octanol–water partition coefficient (Wildman–Crippen LogP) is 4.01. The van der Waals surface area contributed by atoms with Crippen molar-refractivity contribution >= 4 is 23.3 Å². The van der Waals surface area contributed by atoms with Gasteiger partial charge < -0.3 is 5.32 Å². The minimum atomic E-state index is -4.54. The summed E-state index contributed by atoms with van der Waals surface area (Å²) in [6.45, 7) is 1.66. The molecule has 4 aromatic rings. The average molecular weight is 462 g/mol. The van der Waals surface area contributed by atoms with Gasteiger partial charge >= 0.3 is 6.18 Å². The van der Waals surface area contributed by atoms with Crippen LogP contribution in [0, 0.1) is 6.92 Å². The number of halogens is 4. The summed E-state index contributed by atoms with van der Waals surface area (Å²) in [5.74, 6) is -0.163. The Kier molecular flexibility index (Phi) is 5.66. The molecular weight excluding hydrogens is 447 g/mol. The van der Waals surface area contributed by atoms with E-state index < -0.39 is 11.7 Å². The van der Waals surface area contributed by atoms with Crippen LogP contribution < -0.4 is 5.32 Å². The number of nitrogens with one attached hydrogen (secondary N) is 1. The number of hydrogen-bond donors (Lipinski definition) is 1. The summed E-state index contributed by atoms with van der Waals surface area (Å²) in [4.78, 5) is 12.6. The third kappa shape index (κ3) is 4.62. The van der Waals surface area contributed by atoms with Gasteiger partial charge in [-0.05, 0) is 53.2 Å². The molecule has 0 atom stereocenters. The van der Waals surface area contributed by atoms with Gasteiger partial charge in [0.1, 0.15) is 12.1 Å². The van der Waals surface area contributed by atoms with Crippen LogP contribution in [0.1, 0.15) is 16.8 Å². The van der Waals surface area contributed by atoms with Crippen molar-refractivity contribution in [2.75, 3.05) is 5.32 Å². The maximum absolute atomic E-state index is 13.1. The van der Waals surface area contributed by atoms with E-state index in [0.29, 0.717) is 5.69 Å². The molecule has 8 nitrogen and oxygen atoms in total. The van der Waals surface area contributed by atoms with E-state index in [1.165, 1.54) is 15.7 Å². The van der Waals surface area contributed by atoms with E-state index in [1.54, 1.807) is 37.3 Å². The van der Waals surface area contributed by atoms with Crippen LogP contribution in [0.3, 0.4) is 0 Å². The van der Waals surface area contributed by atoms with E-state index >= 15 is 0 Å². The summed E-state index contributed by atoms with van der Waals surface area (Å²) in [7, 11) is 0. The SMILES string of the molecule is Cc1cc(NC(=O)Cc2ccc(-n3cnnn3)cc2)n(-c2cc(C(F)(F)F)ccc2Cl)n1. The molecule has 0 saturated heterocycles. The molecule has 0 fully saturated rings. The molecule has 0 bridgehead atoms. The number of aromatic nitrogens is 6. The molecule has 0 aliphatic heterocycles. The number of tetrazole rings is 1. The first-order valence-electron chi connectivity index (χ1n) is 9.26. The molecule has 164 valence electrons. The average Bonchev–Trinajstić information content (AvgIpc) is 3.38. The number of alkyl halides is 3. The molecule has 0 unspecified atom stereocenters. The summed E-state index contributed by atoms with van der Waals surface area (Å²) in [6, 6.07) is 11.5. The Morgan fingerprint density at radius 2 is 1.88 bits per heavy atom. The number of nitrogens with zero attached hydrogens (tertiary/aromatic N) is 6. The summed E-state index contributed by atoms with van der Waals surface area (Å²) in [5.41, 5.74) is 1.09. The normalized spacial score (nSPS) is 11.5. The largest absolute Gasteiger partial charge is 0.416 e. The van der Waals surface area contributed by atoms with Gasteiger partial charge in [0.25, 0.3) is 0 Å². The second kappa shape index (κ2) is 8.42. The minimum Gasteiger partial charge on any atom is -0.310 e. The lowest BCUT2D eigenvalue weighted by atomic mass is 10.1. The van der Waals surface area contributed by atoms with Crippen molar-refractivity contribution in [3.63, 3.8) is 0 Å². The number of carbonyl (C=O) groups is 1. The van der Waals surface area contributed by atoms with Crippen LogP contribution in [-0.2, 0) is 17.4 Å². The second-order valence-corrected chi connectivity index (χ2v) is 7.30. The number of benzene rings is 2. The molecule has 2 aromatic carbocycles. The fourth-order valence-electron chi connectivity index (χ4n) is 3.04. The first-order chi connectivity index (χ1) is 15.2. The van der Waals surface area contributed by atoms with E-state index in [1.807, 2.05) is 0 Å². The van der Waals surface area contributed by atoms with E-state index in [4.69, 9.17) is 11.6 Å². The van der Waals surface area contributed by atoms with Gasteiger partial charge in [0.05, 0.1) is 34.1 Å². The third-order valence-electron chi connectivity index (χ3n) is 4.52. The first-order valence-corrected chi connectivity index (χ1v) is 9.64. The van der Waals surface area contributed by atoms with Crippen molar-refractivity contribution in [2.24, 2.45) is 0 Å². The number of hydrogen-bond acceptors (Lipinski definition) is 5. The molecule has 4 rings (SSSR count). The molecule has 0 saturated carbocycles. The summed E-state index contributed by atoms with van der Waals surface area (Å²) < 4.78 is 42.1. The standard InChI is InChI=1S/C20H15ClF3N7O/c1-12-8-18(31(27-12)17-10-14(20(22,23)24)4-7-16(17)21)26-19(32)9-13-2-5-15(6-3-13)30-11-25-28-29-30/h2-8,10-11H,9H2,1H3,(H,26,32). The number of rotatable bonds is 5. The van der Waals surface area contributed by atoms with Crippen LogP contribution in [-0.4, -0.2) is 35.9 Å². The van der Waals surface area contributed by atoms with Gasteiger partial charge in [0.15, 0.2) is 0 Å². The molecule has 0 radical (unpaired) electrons. The van der Waals surface area contributed by atoms with Crippen molar-refractivity contribution in [1.29, 1.82) is 0 Å². The van der Waals surface area contributed by atoms with Crippen LogP contribution >= 0.6 is 11.6 Å². The Balaban J connectivity index is 1.54. The van der Waals surface area contributed by atoms with E-state index in [9.17, 15) is 18.0 Å². The lowest BCUT2D eigenvalue weighted by Gasteiger charge is -2.13. The Morgan fingerprint density at radius 3 is 2.53 bits per heavy atom. The van der Waals surface area contributed by atoms with Crippen molar-refractivity contribution < 1.29 is 18.0 Å². The zero-order chi connectivity index (χ0) is 22.9. The summed E-state index contributed by atoms with van der Waals surface area (Å²) >= 11 is 6.13. The fraction of sp³-hybridized carbons (Fsp3) is 0.150. The predicted molar refractivity (Wildman–Crippen MR) is 110 cm³/mol. The zero-order valence-corrected chi connectivity index (χ0v) is 17.3. The topological polar surface area (TPSA) is 90.5 Å². The number of amides is 1. The lowest BCUT2D eigenvalue weighted by molar-refractivity contribution is -0.137. The Labute approximate surface area is 184 Å². The monoisotopic (exact) mass is 461 g/mol. The van der Waals surface area contributed by atoms with Crippen molar-refractivity contribution in [2.45, 2.75) is 19.5 Å². The maximum Gasteiger partial charge on any atom is 0.416 e. The van der Waals surface area contributed by atoms with Crippen LogP contribution in [0.4, 0.5) is 19.0 Å². The molecule has 2 heterocycles. The Morgan fingerprint density at radius 1 is 1.12 bits per heavy atom. The second-order valence-electron chi connectivity index (χ2n) is 6.89. The van der Waals surface area contributed by atoms with E-state index in [-0.39, 0.29) is 28.9 Å². The Hall–Kier alpha value is -3.73. The minimum absolute atomic E-state index is 0.00989. The van der Waals surface area contributed by atoms with Crippen LogP contribution in [0.2, 0.25) is 5.02 Å². The highest BCUT2D eigenvalue weighted by Crippen LogP contribution is 2.34. The summed E-state index contributed by atoms with van der Waals surface area (Å²) in [6.07, 6.45) is -3.06. The van der Waals surface area contributed by atoms with Crippen molar-refractivity contribution in [3.8, 4) is 11.4 Å². The van der Waals surface area contributed by atoms with E-state index in [0.717, 1.165) is 29.4 Å². The van der Waals surface area contributed by atoms with Gasteiger partial charge in [-0.3, -0.25) is 4.79 Å². The first kappa shape index (κ1) is 21.5. The van der Waals surface area contributed by atoms with Crippen molar-refractivity contribution in [3.05, 3.63) is 76.7 Å². The van der Waals surface area contributed by atoms with E-state index in [2.05, 4.69) is 25.9 Å². The molecule has 2 aromatic heterocycles. The van der Waals surface area contributed by atoms with Gasteiger partial charge in [-0.2, -0.15) is 18.3 Å². The molecule has 0 aliphatic rings. The van der Waals surface area contributed by atoms with Crippen molar-refractivity contribution in [1.82, 2.24) is 30.0 Å². The smallest absolute Gasteiger partial charge is 0.310 e. The molecule has 1 N–H and O–H groups in total. The van der Waals surface area contributed by atoms with Crippen LogP contribution in [0.25, 0.3) is 11.4 Å². The summed E-state index contributed by atoms with van der Waals surface area (Å²) in [5, 5.41) is 17.9. The van der Waals surface area contributed by atoms with Gasteiger partial charge in [-0.25, -0.2) is 9.36 Å². The molecule has 32 heavy (non-hydrogen) atoms. The van der Waals surface area contributed by atoms with Crippen LogP contribution in [0.15, 0.2) is 54.9 Å². The maximum atomic E-state index is 13.1. The highest BCUT2D eigenvalue weighted by molar-refractivity contribution is 6.32. The van der Waals surface area contributed by atoms with Gasteiger partial charge in [-0.15, -0.1) is 5.10 Å². The highest BCUT2D eigenvalue weighted by atomic mass is 35.5. The highest BCUT2D eigenvalue weighted by Gasteiger charge is 2.31. The molecule has 12 heteroatoms. The van der Waals surface area contributed by atoms with Gasteiger partial charge in [0.2, 0.25) is 5.91 Å². The zero-order valence-electron chi connectivity index (χ0n) is 16.5. The molecule has 1 amide bonds. The molecule has 0 aliphatic carbocycles. The number of anilines is 1. The number of carbonyl (C=O) groups excluding carboxylic acids is 1. The Bertz CT molecular complexity index is 1250. The third-order valence-corrected chi connectivity index (χ3v) is 4.83. The number of aryl methyl sites for hydroxylation is 1. The fourth-order valence-corrected chi connectivity index (χ4v) is 3.24.